The lowest BCUT2D eigenvalue weighted by molar-refractivity contribution is -0.159. The number of rotatable bonds is 8. The van der Waals surface area contributed by atoms with Gasteiger partial charge in [0, 0.05) is 6.54 Å². The van der Waals surface area contributed by atoms with E-state index >= 15 is 0 Å². The van der Waals surface area contributed by atoms with Crippen molar-refractivity contribution in [3.63, 3.8) is 0 Å². The van der Waals surface area contributed by atoms with Gasteiger partial charge in [0.15, 0.2) is 0 Å². The Kier molecular flexibility index (Phi) is 11.3. The molecule has 0 fully saturated rings. The summed E-state index contributed by atoms with van der Waals surface area (Å²) in [6.07, 6.45) is 2.13. The first-order valence-corrected chi connectivity index (χ1v) is 7.85. The number of benzene rings is 1. The summed E-state index contributed by atoms with van der Waals surface area (Å²) in [5.74, 6) is -2.60. The fraction of sp³-hybridized carbons (Fsp3) is 0.529. The Balaban J connectivity index is 0.000000688. The smallest absolute Gasteiger partial charge is 0.414 e. The zero-order chi connectivity index (χ0) is 17.7. The van der Waals surface area contributed by atoms with Crippen molar-refractivity contribution in [2.24, 2.45) is 0 Å². The molecule has 6 nitrogen and oxygen atoms in total. The van der Waals surface area contributed by atoms with Crippen molar-refractivity contribution in [2.45, 2.75) is 33.6 Å². The summed E-state index contributed by atoms with van der Waals surface area (Å²) in [5, 5.41) is 14.8. The number of carboxylic acids is 2. The Hall–Kier alpha value is -2.08. The van der Waals surface area contributed by atoms with Crippen LogP contribution in [0.1, 0.15) is 32.8 Å². The van der Waals surface area contributed by atoms with Crippen LogP contribution in [0.15, 0.2) is 24.3 Å². The van der Waals surface area contributed by atoms with Gasteiger partial charge < -0.3 is 19.8 Å². The van der Waals surface area contributed by atoms with E-state index in [4.69, 9.17) is 24.5 Å². The van der Waals surface area contributed by atoms with Gasteiger partial charge in [0.25, 0.3) is 0 Å². The maximum Gasteiger partial charge on any atom is 0.414 e. The Morgan fingerprint density at radius 1 is 1.04 bits per heavy atom. The second kappa shape index (κ2) is 12.5. The Morgan fingerprint density at radius 2 is 1.61 bits per heavy atom. The molecule has 1 aromatic rings. The lowest BCUT2D eigenvalue weighted by atomic mass is 10.1. The van der Waals surface area contributed by atoms with E-state index in [0.717, 1.165) is 44.8 Å². The quantitative estimate of drug-likeness (QED) is 0.564. The maximum atomic E-state index is 9.10. The third-order valence-corrected chi connectivity index (χ3v) is 3.31. The van der Waals surface area contributed by atoms with E-state index in [-0.39, 0.29) is 0 Å². The van der Waals surface area contributed by atoms with Crippen molar-refractivity contribution in [1.29, 1.82) is 0 Å². The summed E-state index contributed by atoms with van der Waals surface area (Å²) in [5.41, 5.74) is 1.30. The molecule has 1 aromatic carbocycles. The number of ether oxygens (including phenoxy) is 1. The van der Waals surface area contributed by atoms with Crippen LogP contribution in [0, 0.1) is 0 Å². The minimum atomic E-state index is -1.82. The molecule has 0 bridgehead atoms. The maximum absolute atomic E-state index is 9.10. The molecule has 0 radical (unpaired) electrons. The van der Waals surface area contributed by atoms with Crippen LogP contribution in [-0.4, -0.2) is 53.3 Å². The van der Waals surface area contributed by atoms with Gasteiger partial charge in [-0.15, -0.1) is 0 Å². The van der Waals surface area contributed by atoms with Crippen LogP contribution < -0.4 is 4.74 Å². The summed E-state index contributed by atoms with van der Waals surface area (Å²) in [6.45, 7) is 10.8. The van der Waals surface area contributed by atoms with Crippen molar-refractivity contribution < 1.29 is 24.5 Å². The fourth-order valence-corrected chi connectivity index (χ4v) is 1.95. The van der Waals surface area contributed by atoms with Crippen LogP contribution in [0.25, 0.3) is 0 Å². The van der Waals surface area contributed by atoms with Gasteiger partial charge in [0.2, 0.25) is 0 Å². The minimum Gasteiger partial charge on any atom is -0.493 e. The summed E-state index contributed by atoms with van der Waals surface area (Å²) < 4.78 is 5.84. The number of nitrogens with zero attached hydrogens (tertiary/aromatic N) is 1. The molecule has 6 heteroatoms. The third kappa shape index (κ3) is 9.52. The predicted octanol–water partition coefficient (Wildman–Crippen LogP) is 2.52. The van der Waals surface area contributed by atoms with Crippen LogP contribution in [0.4, 0.5) is 0 Å². The SMILES string of the molecule is CCc1ccccc1OCCCN(CC)CC.O=C(O)C(=O)O. The first-order valence-electron chi connectivity index (χ1n) is 7.85. The van der Waals surface area contributed by atoms with Crippen molar-refractivity contribution >= 4 is 11.9 Å². The average Bonchev–Trinajstić information content (AvgIpc) is 2.56. The molecular formula is C17H27NO5. The Bertz CT molecular complexity index is 460. The van der Waals surface area contributed by atoms with Gasteiger partial charge in [-0.3, -0.25) is 0 Å². The average molecular weight is 325 g/mol. The highest BCUT2D eigenvalue weighted by Gasteiger charge is 2.04. The molecule has 0 spiro atoms. The van der Waals surface area contributed by atoms with Crippen LogP contribution in [-0.2, 0) is 16.0 Å². The topological polar surface area (TPSA) is 87.1 Å². The highest BCUT2D eigenvalue weighted by atomic mass is 16.5. The first-order chi connectivity index (χ1) is 11.0. The number of aliphatic carboxylic acids is 2. The van der Waals surface area contributed by atoms with E-state index in [9.17, 15) is 0 Å². The summed E-state index contributed by atoms with van der Waals surface area (Å²) in [6, 6.07) is 8.32. The lowest BCUT2D eigenvalue weighted by Gasteiger charge is -2.18. The number of hydrogen-bond acceptors (Lipinski definition) is 4. The molecule has 0 unspecified atom stereocenters. The summed E-state index contributed by atoms with van der Waals surface area (Å²) in [4.78, 5) is 20.6. The molecule has 0 aliphatic carbocycles. The minimum absolute atomic E-state index is 0.813. The van der Waals surface area contributed by atoms with E-state index in [1.54, 1.807) is 0 Å². The molecule has 2 N–H and O–H groups in total. The molecule has 0 aromatic heterocycles. The van der Waals surface area contributed by atoms with Crippen molar-refractivity contribution in [1.82, 2.24) is 4.90 Å². The Labute approximate surface area is 137 Å². The molecule has 23 heavy (non-hydrogen) atoms. The van der Waals surface area contributed by atoms with Crippen LogP contribution in [0.2, 0.25) is 0 Å². The molecule has 1 rings (SSSR count). The number of hydrogen-bond donors (Lipinski definition) is 2. The number of para-hydroxylation sites is 1. The molecule has 0 saturated heterocycles. The van der Waals surface area contributed by atoms with Gasteiger partial charge in [0.05, 0.1) is 6.61 Å². The number of carboxylic acid groups (broad SMARTS) is 2. The molecular weight excluding hydrogens is 298 g/mol. The van der Waals surface area contributed by atoms with Gasteiger partial charge >= 0.3 is 11.9 Å². The molecule has 0 atom stereocenters. The largest absolute Gasteiger partial charge is 0.493 e. The highest BCUT2D eigenvalue weighted by molar-refractivity contribution is 6.27. The Morgan fingerprint density at radius 3 is 2.09 bits per heavy atom. The lowest BCUT2D eigenvalue weighted by Crippen LogP contribution is -2.25. The van der Waals surface area contributed by atoms with E-state index < -0.39 is 11.9 Å². The highest BCUT2D eigenvalue weighted by Crippen LogP contribution is 2.18. The number of carbonyl (C=O) groups is 2. The molecule has 0 saturated carbocycles. The van der Waals surface area contributed by atoms with Crippen molar-refractivity contribution in [3.8, 4) is 5.75 Å². The normalized spacial score (nSPS) is 9.91. The van der Waals surface area contributed by atoms with Crippen molar-refractivity contribution in [2.75, 3.05) is 26.2 Å². The molecule has 0 heterocycles. The molecule has 0 aliphatic rings. The number of aryl methyl sites for hydroxylation is 1. The molecule has 130 valence electrons. The molecule has 0 amide bonds. The standard InChI is InChI=1S/C15H25NO.C2H2O4/c1-4-14-10-7-8-11-15(14)17-13-9-12-16(5-2)6-3;3-1(4)2(5)6/h7-8,10-11H,4-6,9,12-13H2,1-3H3;(H,3,4)(H,5,6). The van der Waals surface area contributed by atoms with Gasteiger partial charge in [-0.1, -0.05) is 39.0 Å². The van der Waals surface area contributed by atoms with Crippen molar-refractivity contribution in [3.05, 3.63) is 29.8 Å². The van der Waals surface area contributed by atoms with Gasteiger partial charge in [0.1, 0.15) is 5.75 Å². The van der Waals surface area contributed by atoms with Crippen LogP contribution >= 0.6 is 0 Å². The third-order valence-electron chi connectivity index (χ3n) is 3.31. The van der Waals surface area contributed by atoms with E-state index in [1.165, 1.54) is 5.56 Å². The summed E-state index contributed by atoms with van der Waals surface area (Å²) >= 11 is 0. The van der Waals surface area contributed by atoms with Crippen LogP contribution in [0.5, 0.6) is 5.75 Å². The van der Waals surface area contributed by atoms with E-state index in [2.05, 4.69) is 43.9 Å². The molecule has 0 aliphatic heterocycles. The first kappa shape index (κ1) is 20.9. The zero-order valence-corrected chi connectivity index (χ0v) is 14.1. The van der Waals surface area contributed by atoms with E-state index in [1.807, 2.05) is 6.07 Å². The summed E-state index contributed by atoms with van der Waals surface area (Å²) in [7, 11) is 0. The van der Waals surface area contributed by atoms with Gasteiger partial charge in [-0.2, -0.15) is 0 Å². The van der Waals surface area contributed by atoms with Crippen LogP contribution in [0.3, 0.4) is 0 Å². The van der Waals surface area contributed by atoms with Gasteiger partial charge in [-0.25, -0.2) is 9.59 Å². The van der Waals surface area contributed by atoms with Gasteiger partial charge in [-0.05, 0) is 37.6 Å². The fourth-order valence-electron chi connectivity index (χ4n) is 1.95. The second-order valence-corrected chi connectivity index (χ2v) is 4.80. The second-order valence-electron chi connectivity index (χ2n) is 4.80. The monoisotopic (exact) mass is 325 g/mol. The van der Waals surface area contributed by atoms with E-state index in [0.29, 0.717) is 0 Å². The zero-order valence-electron chi connectivity index (χ0n) is 14.1. The predicted molar refractivity (Wildman–Crippen MR) is 89.0 cm³/mol.